The lowest BCUT2D eigenvalue weighted by Crippen LogP contribution is -2.20. The predicted molar refractivity (Wildman–Crippen MR) is 82.4 cm³/mol. The number of rotatable bonds is 5. The minimum atomic E-state index is -0.212. The Balaban J connectivity index is 2.22. The largest absolute Gasteiger partial charge is 0.354 e. The zero-order valence-electron chi connectivity index (χ0n) is 11.4. The minimum absolute atomic E-state index is 0.212. The first-order valence-electron chi connectivity index (χ1n) is 6.32. The third-order valence-corrected chi connectivity index (χ3v) is 3.35. The molecule has 6 heteroatoms. The molecule has 1 heterocycles. The quantitative estimate of drug-likeness (QED) is 0.906. The van der Waals surface area contributed by atoms with Crippen LogP contribution in [0.25, 0.3) is 0 Å². The van der Waals surface area contributed by atoms with Gasteiger partial charge in [-0.3, -0.25) is 0 Å². The summed E-state index contributed by atoms with van der Waals surface area (Å²) in [5.41, 5.74) is 0.630. The van der Waals surface area contributed by atoms with Crippen molar-refractivity contribution in [3.05, 3.63) is 46.3 Å². The molecule has 0 saturated carbocycles. The number of hydrogen-bond donors (Lipinski definition) is 1. The first-order valence-corrected chi connectivity index (χ1v) is 7.12. The summed E-state index contributed by atoms with van der Waals surface area (Å²) >= 11 is 3.43. The van der Waals surface area contributed by atoms with Crippen molar-refractivity contribution in [3.63, 3.8) is 0 Å². The van der Waals surface area contributed by atoms with E-state index < -0.39 is 0 Å². The first-order chi connectivity index (χ1) is 9.61. The molecule has 0 spiro atoms. The van der Waals surface area contributed by atoms with E-state index in [0.29, 0.717) is 18.1 Å². The molecule has 106 valence electrons. The van der Waals surface area contributed by atoms with Crippen molar-refractivity contribution >= 4 is 27.7 Å². The maximum Gasteiger partial charge on any atom is 0.224 e. The maximum atomic E-state index is 13.7. The lowest BCUT2D eigenvalue weighted by molar-refractivity contribution is 0.607. The molecule has 1 N–H and O–H groups in total. The average Bonchev–Trinajstić information content (AvgIpc) is 2.43. The Hall–Kier alpha value is -1.69. The molecule has 0 aliphatic heterocycles. The van der Waals surface area contributed by atoms with E-state index in [9.17, 15) is 4.39 Å². The molecule has 0 unspecified atom stereocenters. The van der Waals surface area contributed by atoms with Crippen LogP contribution in [-0.2, 0) is 6.54 Å². The third kappa shape index (κ3) is 3.45. The maximum absolute atomic E-state index is 13.7. The second-order valence-electron chi connectivity index (χ2n) is 4.34. The van der Waals surface area contributed by atoms with Crippen LogP contribution >= 0.6 is 15.9 Å². The van der Waals surface area contributed by atoms with Gasteiger partial charge in [0.1, 0.15) is 11.6 Å². The Morgan fingerprint density at radius 2 is 2.10 bits per heavy atom. The van der Waals surface area contributed by atoms with Gasteiger partial charge in [-0.15, -0.1) is 0 Å². The summed E-state index contributed by atoms with van der Waals surface area (Å²) in [6.45, 7) is 3.17. The van der Waals surface area contributed by atoms with Crippen molar-refractivity contribution < 1.29 is 4.39 Å². The van der Waals surface area contributed by atoms with E-state index in [4.69, 9.17) is 0 Å². The first kappa shape index (κ1) is 14.7. The Morgan fingerprint density at radius 1 is 1.35 bits per heavy atom. The molecule has 0 fully saturated rings. The molecule has 2 aromatic rings. The summed E-state index contributed by atoms with van der Waals surface area (Å²) in [5, 5.41) is 3.06. The molecule has 1 aromatic carbocycles. The van der Waals surface area contributed by atoms with Crippen LogP contribution in [0, 0.1) is 5.82 Å². The van der Waals surface area contributed by atoms with Gasteiger partial charge < -0.3 is 10.2 Å². The van der Waals surface area contributed by atoms with Crippen LogP contribution in [0.5, 0.6) is 0 Å². The fourth-order valence-electron chi connectivity index (χ4n) is 1.83. The summed E-state index contributed by atoms with van der Waals surface area (Å²) in [5.74, 6) is 1.07. The van der Waals surface area contributed by atoms with E-state index in [1.807, 2.05) is 24.9 Å². The molecule has 1 aromatic heterocycles. The molecular weight excluding hydrogens is 323 g/mol. The molecule has 20 heavy (non-hydrogen) atoms. The number of nitrogens with one attached hydrogen (secondary N) is 1. The van der Waals surface area contributed by atoms with Crippen molar-refractivity contribution in [2.45, 2.75) is 13.5 Å². The van der Waals surface area contributed by atoms with Crippen LogP contribution in [-0.4, -0.2) is 23.6 Å². The highest BCUT2D eigenvalue weighted by Gasteiger charge is 2.12. The standard InChI is InChI=1S/C14H16BrFN4/c1-3-17-14-18-8-11(15)13(19-14)20(2)9-10-6-4-5-7-12(10)16/h4-8H,3,9H2,1-2H3,(H,17,18,19). The lowest BCUT2D eigenvalue weighted by Gasteiger charge is -2.20. The van der Waals surface area contributed by atoms with Crippen LogP contribution in [0.2, 0.25) is 0 Å². The number of aromatic nitrogens is 2. The van der Waals surface area contributed by atoms with Gasteiger partial charge in [-0.05, 0) is 28.9 Å². The van der Waals surface area contributed by atoms with E-state index >= 15 is 0 Å². The Kier molecular flexibility index (Phi) is 4.89. The van der Waals surface area contributed by atoms with Crippen molar-refractivity contribution in [2.75, 3.05) is 23.8 Å². The highest BCUT2D eigenvalue weighted by molar-refractivity contribution is 9.10. The third-order valence-electron chi connectivity index (χ3n) is 2.79. The Morgan fingerprint density at radius 3 is 2.80 bits per heavy atom. The van der Waals surface area contributed by atoms with Gasteiger partial charge in [-0.2, -0.15) is 4.98 Å². The highest BCUT2D eigenvalue weighted by atomic mass is 79.9. The zero-order chi connectivity index (χ0) is 14.5. The zero-order valence-corrected chi connectivity index (χ0v) is 13.0. The normalized spacial score (nSPS) is 10.4. The second kappa shape index (κ2) is 6.65. The molecule has 0 amide bonds. The van der Waals surface area contributed by atoms with Crippen molar-refractivity contribution in [1.29, 1.82) is 0 Å². The van der Waals surface area contributed by atoms with Crippen LogP contribution in [0.4, 0.5) is 16.2 Å². The smallest absolute Gasteiger partial charge is 0.224 e. The number of anilines is 2. The highest BCUT2D eigenvalue weighted by Crippen LogP contribution is 2.25. The predicted octanol–water partition coefficient (Wildman–Crippen LogP) is 3.45. The van der Waals surface area contributed by atoms with Gasteiger partial charge in [0.2, 0.25) is 5.95 Å². The number of nitrogens with zero attached hydrogens (tertiary/aromatic N) is 3. The summed E-state index contributed by atoms with van der Waals surface area (Å²) < 4.78 is 14.5. The summed E-state index contributed by atoms with van der Waals surface area (Å²) in [6, 6.07) is 6.74. The second-order valence-corrected chi connectivity index (χ2v) is 5.20. The molecule has 0 radical (unpaired) electrons. The number of halogens is 2. The van der Waals surface area contributed by atoms with Gasteiger partial charge in [-0.1, -0.05) is 18.2 Å². The van der Waals surface area contributed by atoms with E-state index in [2.05, 4.69) is 31.2 Å². The summed E-state index contributed by atoms with van der Waals surface area (Å²) in [6.07, 6.45) is 1.69. The van der Waals surface area contributed by atoms with E-state index in [1.165, 1.54) is 6.07 Å². The minimum Gasteiger partial charge on any atom is -0.354 e. The molecule has 0 aliphatic rings. The van der Waals surface area contributed by atoms with Gasteiger partial charge in [0.05, 0.1) is 4.47 Å². The van der Waals surface area contributed by atoms with Gasteiger partial charge in [0, 0.05) is 31.9 Å². The van der Waals surface area contributed by atoms with Gasteiger partial charge in [-0.25, -0.2) is 9.37 Å². The Labute approximate surface area is 126 Å². The van der Waals surface area contributed by atoms with Gasteiger partial charge in [0.15, 0.2) is 0 Å². The monoisotopic (exact) mass is 338 g/mol. The van der Waals surface area contributed by atoms with Crippen LogP contribution in [0.1, 0.15) is 12.5 Å². The fraction of sp³-hybridized carbons (Fsp3) is 0.286. The molecule has 4 nitrogen and oxygen atoms in total. The number of hydrogen-bond acceptors (Lipinski definition) is 4. The SMILES string of the molecule is CCNc1ncc(Br)c(N(C)Cc2ccccc2F)n1. The Bertz CT molecular complexity index is 591. The van der Waals surface area contributed by atoms with E-state index in [1.54, 1.807) is 18.3 Å². The molecule has 0 bridgehead atoms. The summed E-state index contributed by atoms with van der Waals surface area (Å²) in [7, 11) is 1.87. The van der Waals surface area contributed by atoms with Crippen LogP contribution < -0.4 is 10.2 Å². The lowest BCUT2D eigenvalue weighted by atomic mass is 10.2. The van der Waals surface area contributed by atoms with E-state index in [0.717, 1.165) is 16.8 Å². The fourth-order valence-corrected chi connectivity index (χ4v) is 2.32. The topological polar surface area (TPSA) is 41.1 Å². The molecular formula is C14H16BrFN4. The van der Waals surface area contributed by atoms with Gasteiger partial charge in [0.25, 0.3) is 0 Å². The molecule has 0 aliphatic carbocycles. The van der Waals surface area contributed by atoms with E-state index in [-0.39, 0.29) is 5.82 Å². The number of benzene rings is 1. The van der Waals surface area contributed by atoms with Crippen LogP contribution in [0.15, 0.2) is 34.9 Å². The van der Waals surface area contributed by atoms with Crippen molar-refractivity contribution in [2.24, 2.45) is 0 Å². The average molecular weight is 339 g/mol. The van der Waals surface area contributed by atoms with Crippen LogP contribution in [0.3, 0.4) is 0 Å². The molecule has 0 saturated heterocycles. The molecule has 2 rings (SSSR count). The summed E-state index contributed by atoms with van der Waals surface area (Å²) in [4.78, 5) is 10.5. The van der Waals surface area contributed by atoms with Crippen molar-refractivity contribution in [1.82, 2.24) is 9.97 Å². The van der Waals surface area contributed by atoms with Crippen molar-refractivity contribution in [3.8, 4) is 0 Å². The van der Waals surface area contributed by atoms with Gasteiger partial charge >= 0.3 is 0 Å². The molecule has 0 atom stereocenters.